The highest BCUT2D eigenvalue weighted by Gasteiger charge is 2.21. The average Bonchev–Trinajstić information content (AvgIpc) is 3.08. The second-order valence-electron chi connectivity index (χ2n) is 11.9. The molecule has 0 heterocycles. The maximum Gasteiger partial charge on any atom is 0.323 e. The van der Waals surface area contributed by atoms with Crippen LogP contribution in [0.4, 0.5) is 21.0 Å². The lowest BCUT2D eigenvalue weighted by atomic mass is 10.1. The summed E-state index contributed by atoms with van der Waals surface area (Å²) in [7, 11) is 0. The van der Waals surface area contributed by atoms with Crippen molar-refractivity contribution in [3.63, 3.8) is 0 Å². The van der Waals surface area contributed by atoms with Gasteiger partial charge in [-0.1, -0.05) is 0 Å². The second kappa shape index (κ2) is 18.9. The third-order valence-electron chi connectivity index (χ3n) is 7.29. The van der Waals surface area contributed by atoms with Gasteiger partial charge in [-0.3, -0.25) is 29.4 Å². The molecule has 0 unspecified atom stereocenters. The van der Waals surface area contributed by atoms with Gasteiger partial charge in [0.25, 0.3) is 11.8 Å². The van der Waals surface area contributed by atoms with E-state index in [-0.39, 0.29) is 36.0 Å². The van der Waals surface area contributed by atoms with Gasteiger partial charge in [-0.15, -0.1) is 0 Å². The van der Waals surface area contributed by atoms with Gasteiger partial charge in [-0.2, -0.15) is 0 Å². The highest BCUT2D eigenvalue weighted by Crippen LogP contribution is 2.17. The summed E-state index contributed by atoms with van der Waals surface area (Å²) in [5, 5.41) is 11.6. The molecule has 6 amide bonds. The number of nitrogens with one attached hydrogen (secondary N) is 4. The molecule has 3 aromatic carbocycles. The van der Waals surface area contributed by atoms with Gasteiger partial charge in [0.15, 0.2) is 0 Å². The van der Waals surface area contributed by atoms with E-state index in [4.69, 9.17) is 0 Å². The first kappa shape index (κ1) is 38.9. The molecule has 3 rings (SSSR count). The molecular weight excluding hydrogens is 632 g/mol. The van der Waals surface area contributed by atoms with Crippen molar-refractivity contribution in [2.75, 3.05) is 36.8 Å². The molecule has 0 spiro atoms. The Hall–Kier alpha value is -5.52. The predicted octanol–water partition coefficient (Wildman–Crippen LogP) is 6.60. The summed E-state index contributed by atoms with van der Waals surface area (Å²) in [6.45, 7) is 17.1. The lowest BCUT2D eigenvalue weighted by Crippen LogP contribution is -2.46. The van der Waals surface area contributed by atoms with Crippen LogP contribution in [-0.4, -0.2) is 83.6 Å². The highest BCUT2D eigenvalue weighted by molar-refractivity contribution is 6.10. The van der Waals surface area contributed by atoms with Gasteiger partial charge in [-0.05, 0) is 128 Å². The highest BCUT2D eigenvalue weighted by atomic mass is 16.2. The minimum Gasteiger partial charge on any atom is -0.335 e. The summed E-state index contributed by atoms with van der Waals surface area (Å²) in [5.41, 5.74) is 3.42. The number of benzene rings is 3. The number of nitrogens with zero attached hydrogens (tertiary/aromatic N) is 4. The zero-order valence-electron chi connectivity index (χ0n) is 30.3. The van der Waals surface area contributed by atoms with E-state index in [9.17, 15) is 19.2 Å². The van der Waals surface area contributed by atoms with Crippen molar-refractivity contribution in [3.05, 3.63) is 95.1 Å². The molecule has 3 aromatic rings. The topological polar surface area (TPSA) is 148 Å². The van der Waals surface area contributed by atoms with Crippen LogP contribution < -0.4 is 21.3 Å². The number of amides is 6. The Morgan fingerprint density at radius 2 is 0.820 bits per heavy atom. The number of hydrogen-bond donors (Lipinski definition) is 4. The van der Waals surface area contributed by atoms with Crippen LogP contribution in [-0.2, 0) is 0 Å². The van der Waals surface area contributed by atoms with E-state index in [0.717, 1.165) is 11.1 Å². The molecule has 0 atom stereocenters. The van der Waals surface area contributed by atoms with Gasteiger partial charge >= 0.3 is 12.1 Å². The first-order chi connectivity index (χ1) is 23.9. The van der Waals surface area contributed by atoms with Gasteiger partial charge in [-0.25, -0.2) is 9.59 Å². The molecule has 0 aromatic heterocycles. The third-order valence-corrected chi connectivity index (χ3v) is 7.29. The number of rotatable bonds is 12. The van der Waals surface area contributed by atoms with Crippen molar-refractivity contribution in [2.24, 2.45) is 9.98 Å². The maximum absolute atomic E-state index is 13.0. The molecule has 50 heavy (non-hydrogen) atoms. The molecule has 12 heteroatoms. The van der Waals surface area contributed by atoms with Gasteiger partial charge in [0.2, 0.25) is 0 Å². The SMILES string of the molecule is CCN=C(c1ccc(NC(=O)c2ccc(C(=O)Nc3ccc(C(=NCC)N(CC)C(=O)NC(C)C)cc3)cc2)cc1)N(CC)C(=O)NC(C)C. The molecule has 0 bridgehead atoms. The normalized spacial score (nSPS) is 11.6. The van der Waals surface area contributed by atoms with Gasteiger partial charge in [0.05, 0.1) is 0 Å². The van der Waals surface area contributed by atoms with Crippen LogP contribution in [0.25, 0.3) is 0 Å². The molecular formula is C38H50N8O4. The Labute approximate surface area is 295 Å². The molecule has 0 aliphatic carbocycles. The number of carbonyl (C=O) groups is 4. The monoisotopic (exact) mass is 682 g/mol. The number of carbonyl (C=O) groups excluding carboxylic acids is 4. The standard InChI is InChI=1S/C38H50N8O4/c1-9-39-33(45(11-3)37(49)41-25(5)6)27-17-21-31(22-18-27)43-35(47)29-13-15-30(16-14-29)36(48)44-32-23-19-28(20-24-32)34(40-10-2)46(12-4)38(50)42-26(7)8/h13-26H,9-12H2,1-8H3,(H,41,49)(H,42,50)(H,43,47)(H,44,48). The summed E-state index contributed by atoms with van der Waals surface area (Å²) in [6.07, 6.45) is 0. The lowest BCUT2D eigenvalue weighted by molar-refractivity contribution is 0.101. The second-order valence-corrected chi connectivity index (χ2v) is 11.9. The quantitative estimate of drug-likeness (QED) is 0.126. The van der Waals surface area contributed by atoms with Crippen molar-refractivity contribution in [1.29, 1.82) is 0 Å². The summed E-state index contributed by atoms with van der Waals surface area (Å²) in [6, 6.07) is 20.2. The van der Waals surface area contributed by atoms with E-state index in [1.54, 1.807) is 58.3 Å². The summed E-state index contributed by atoms with van der Waals surface area (Å²) in [4.78, 5) is 63.9. The first-order valence-corrected chi connectivity index (χ1v) is 17.1. The van der Waals surface area contributed by atoms with Gasteiger partial charge in [0, 0.05) is 71.9 Å². The fourth-order valence-electron chi connectivity index (χ4n) is 4.98. The number of hydrogen-bond acceptors (Lipinski definition) is 6. The summed E-state index contributed by atoms with van der Waals surface area (Å²) in [5.74, 6) is 0.449. The van der Waals surface area contributed by atoms with Crippen molar-refractivity contribution in [2.45, 2.75) is 67.5 Å². The zero-order valence-corrected chi connectivity index (χ0v) is 30.3. The number of anilines is 2. The van der Waals surface area contributed by atoms with Gasteiger partial charge in [0.1, 0.15) is 11.7 Å². The lowest BCUT2D eigenvalue weighted by Gasteiger charge is -2.24. The molecule has 0 aliphatic heterocycles. The summed E-state index contributed by atoms with van der Waals surface area (Å²) < 4.78 is 0. The Bertz CT molecular complexity index is 1540. The molecule has 0 saturated heterocycles. The first-order valence-electron chi connectivity index (χ1n) is 17.1. The molecule has 4 N–H and O–H groups in total. The Kier molecular flexibility index (Phi) is 14.7. The zero-order chi connectivity index (χ0) is 36.8. The van der Waals surface area contributed by atoms with Crippen LogP contribution in [0.3, 0.4) is 0 Å². The maximum atomic E-state index is 13.0. The minimum atomic E-state index is -0.331. The van der Waals surface area contributed by atoms with E-state index in [1.165, 1.54) is 0 Å². The van der Waals surface area contributed by atoms with Gasteiger partial charge < -0.3 is 21.3 Å². The van der Waals surface area contributed by atoms with Crippen LogP contribution in [0, 0.1) is 0 Å². The molecule has 0 fully saturated rings. The van der Waals surface area contributed by atoms with E-state index in [0.29, 0.717) is 60.4 Å². The van der Waals surface area contributed by atoms with E-state index < -0.39 is 0 Å². The molecule has 0 saturated carbocycles. The average molecular weight is 683 g/mol. The van der Waals surface area contributed by atoms with Crippen molar-refractivity contribution >= 4 is 46.9 Å². The third kappa shape index (κ3) is 10.7. The van der Waals surface area contributed by atoms with Crippen LogP contribution in [0.5, 0.6) is 0 Å². The predicted molar refractivity (Wildman–Crippen MR) is 201 cm³/mol. The Morgan fingerprint density at radius 3 is 1.08 bits per heavy atom. The number of amidine groups is 2. The van der Waals surface area contributed by atoms with E-state index in [2.05, 4.69) is 31.3 Å². The molecule has 12 nitrogen and oxygen atoms in total. The van der Waals surface area contributed by atoms with Crippen LogP contribution >= 0.6 is 0 Å². The van der Waals surface area contributed by atoms with E-state index in [1.807, 2.05) is 79.7 Å². The van der Waals surface area contributed by atoms with Crippen molar-refractivity contribution in [3.8, 4) is 0 Å². The Balaban J connectivity index is 1.66. The van der Waals surface area contributed by atoms with Crippen molar-refractivity contribution < 1.29 is 19.2 Å². The Morgan fingerprint density at radius 1 is 0.520 bits per heavy atom. The number of urea groups is 2. The molecule has 0 radical (unpaired) electrons. The molecule has 0 aliphatic rings. The number of aliphatic imine (C=N–C) groups is 2. The van der Waals surface area contributed by atoms with Crippen LogP contribution in [0.15, 0.2) is 82.8 Å². The minimum absolute atomic E-state index is 0.0118. The van der Waals surface area contributed by atoms with E-state index >= 15 is 0 Å². The largest absolute Gasteiger partial charge is 0.335 e. The van der Waals surface area contributed by atoms with Crippen LogP contribution in [0.2, 0.25) is 0 Å². The fourth-order valence-corrected chi connectivity index (χ4v) is 4.98. The fraction of sp³-hybridized carbons (Fsp3) is 0.368. The summed E-state index contributed by atoms with van der Waals surface area (Å²) >= 11 is 0. The van der Waals surface area contributed by atoms with Crippen LogP contribution in [0.1, 0.15) is 87.2 Å². The smallest absolute Gasteiger partial charge is 0.323 e. The van der Waals surface area contributed by atoms with Crippen molar-refractivity contribution in [1.82, 2.24) is 20.4 Å². The molecule has 266 valence electrons.